The van der Waals surface area contributed by atoms with Gasteiger partial charge in [-0.25, -0.2) is 4.98 Å². The zero-order valence-electron chi connectivity index (χ0n) is 11.8. The van der Waals surface area contributed by atoms with Gasteiger partial charge in [0.15, 0.2) is 0 Å². The Morgan fingerprint density at radius 1 is 1.37 bits per heavy atom. The van der Waals surface area contributed by atoms with Gasteiger partial charge >= 0.3 is 0 Å². The van der Waals surface area contributed by atoms with Crippen LogP contribution in [-0.4, -0.2) is 29.1 Å². The number of nitrogen functional groups attached to an aromatic ring is 1. The number of hydrogen-bond donors (Lipinski definition) is 3. The van der Waals surface area contributed by atoms with Gasteiger partial charge in [0.25, 0.3) is 0 Å². The van der Waals surface area contributed by atoms with Crippen LogP contribution >= 0.6 is 0 Å². The molecule has 0 bridgehead atoms. The quantitative estimate of drug-likeness (QED) is 0.751. The molecule has 5 nitrogen and oxygen atoms in total. The number of fused-ring (bicyclic) bond motifs is 1. The molecule has 1 atom stereocenters. The summed E-state index contributed by atoms with van der Waals surface area (Å²) in [5, 5.41) is 6.92. The van der Waals surface area contributed by atoms with Crippen LogP contribution in [0.2, 0.25) is 0 Å². The number of rotatable bonds is 2. The molecule has 2 aliphatic rings. The van der Waals surface area contributed by atoms with Crippen molar-refractivity contribution >= 4 is 11.8 Å². The van der Waals surface area contributed by atoms with Crippen molar-refractivity contribution < 1.29 is 0 Å². The van der Waals surface area contributed by atoms with E-state index in [2.05, 4.69) is 34.4 Å². The molecule has 1 saturated heterocycles. The fraction of sp³-hybridized carbons (Fsp3) is 0.714. The van der Waals surface area contributed by atoms with E-state index in [9.17, 15) is 0 Å². The molecule has 0 amide bonds. The summed E-state index contributed by atoms with van der Waals surface area (Å²) in [6.07, 6.45) is 4.56. The molecule has 3 rings (SSSR count). The Morgan fingerprint density at radius 3 is 2.95 bits per heavy atom. The molecule has 5 heteroatoms. The molecule has 2 heterocycles. The minimum Gasteiger partial charge on any atom is -0.368 e. The molecule has 0 radical (unpaired) electrons. The Kier molecular flexibility index (Phi) is 3.09. The second-order valence-electron chi connectivity index (χ2n) is 6.33. The Morgan fingerprint density at radius 2 is 2.21 bits per heavy atom. The summed E-state index contributed by atoms with van der Waals surface area (Å²) >= 11 is 0. The van der Waals surface area contributed by atoms with Crippen LogP contribution < -0.4 is 16.4 Å². The summed E-state index contributed by atoms with van der Waals surface area (Å²) in [5.41, 5.74) is 8.42. The lowest BCUT2D eigenvalue weighted by molar-refractivity contribution is 0.418. The lowest BCUT2D eigenvalue weighted by Gasteiger charge is -2.32. The average molecular weight is 261 g/mol. The van der Waals surface area contributed by atoms with Crippen LogP contribution in [0, 0.1) is 0 Å². The monoisotopic (exact) mass is 261 g/mol. The molecule has 1 aliphatic carbocycles. The lowest BCUT2D eigenvalue weighted by atomic mass is 9.76. The standard InChI is InChI=1S/C14H23N5/c1-14(2)6-3-4-10-11(14)18-13(15)19-12(10)17-9-5-7-16-8-9/h9,16H,3-8H2,1-2H3,(H3,15,17,18,19). The highest BCUT2D eigenvalue weighted by atomic mass is 15.1. The van der Waals surface area contributed by atoms with E-state index < -0.39 is 0 Å². The van der Waals surface area contributed by atoms with Crippen molar-refractivity contribution in [1.82, 2.24) is 15.3 Å². The SMILES string of the molecule is CC1(C)CCCc2c(NC3CCNC3)nc(N)nc21. The largest absolute Gasteiger partial charge is 0.368 e. The Labute approximate surface area is 114 Å². The van der Waals surface area contributed by atoms with Crippen molar-refractivity contribution in [1.29, 1.82) is 0 Å². The van der Waals surface area contributed by atoms with Crippen LogP contribution in [-0.2, 0) is 11.8 Å². The zero-order valence-corrected chi connectivity index (χ0v) is 11.8. The third-order valence-electron chi connectivity index (χ3n) is 4.30. The maximum absolute atomic E-state index is 5.90. The average Bonchev–Trinajstić information content (AvgIpc) is 2.83. The highest BCUT2D eigenvalue weighted by Gasteiger charge is 2.32. The first kappa shape index (κ1) is 12.7. The van der Waals surface area contributed by atoms with E-state index in [1.54, 1.807) is 0 Å². The van der Waals surface area contributed by atoms with Gasteiger partial charge in [-0.2, -0.15) is 4.98 Å². The zero-order chi connectivity index (χ0) is 13.5. The van der Waals surface area contributed by atoms with E-state index in [-0.39, 0.29) is 5.41 Å². The fourth-order valence-corrected chi connectivity index (χ4v) is 3.21. The molecule has 104 valence electrons. The maximum atomic E-state index is 5.90. The predicted molar refractivity (Wildman–Crippen MR) is 77.3 cm³/mol. The summed E-state index contributed by atoms with van der Waals surface area (Å²) < 4.78 is 0. The minimum atomic E-state index is 0.106. The van der Waals surface area contributed by atoms with Crippen molar-refractivity contribution in [2.24, 2.45) is 0 Å². The van der Waals surface area contributed by atoms with Gasteiger partial charge in [-0.15, -0.1) is 0 Å². The first-order valence-corrected chi connectivity index (χ1v) is 7.20. The molecule has 1 aliphatic heterocycles. The van der Waals surface area contributed by atoms with E-state index >= 15 is 0 Å². The molecule has 0 saturated carbocycles. The summed E-state index contributed by atoms with van der Waals surface area (Å²) in [6.45, 7) is 6.57. The third kappa shape index (κ3) is 2.39. The first-order chi connectivity index (χ1) is 9.06. The molecule has 1 fully saturated rings. The van der Waals surface area contributed by atoms with Crippen LogP contribution in [0.1, 0.15) is 44.4 Å². The smallest absolute Gasteiger partial charge is 0.222 e. The van der Waals surface area contributed by atoms with Crippen LogP contribution in [0.4, 0.5) is 11.8 Å². The molecule has 4 N–H and O–H groups in total. The number of nitrogens with one attached hydrogen (secondary N) is 2. The highest BCUT2D eigenvalue weighted by Crippen LogP contribution is 2.38. The Balaban J connectivity index is 1.97. The van der Waals surface area contributed by atoms with Gasteiger partial charge in [-0.3, -0.25) is 0 Å². The number of anilines is 2. The van der Waals surface area contributed by atoms with E-state index in [1.165, 1.54) is 18.4 Å². The summed E-state index contributed by atoms with van der Waals surface area (Å²) in [4.78, 5) is 8.96. The van der Waals surface area contributed by atoms with Gasteiger partial charge in [-0.1, -0.05) is 13.8 Å². The minimum absolute atomic E-state index is 0.106. The number of nitrogens with two attached hydrogens (primary N) is 1. The van der Waals surface area contributed by atoms with Gasteiger partial charge in [0.2, 0.25) is 5.95 Å². The number of hydrogen-bond acceptors (Lipinski definition) is 5. The number of aromatic nitrogens is 2. The Bertz CT molecular complexity index is 477. The molecule has 1 aromatic heterocycles. The van der Waals surface area contributed by atoms with E-state index in [1.807, 2.05) is 0 Å². The highest BCUT2D eigenvalue weighted by molar-refractivity contribution is 5.53. The summed E-state index contributed by atoms with van der Waals surface area (Å²) in [7, 11) is 0. The molecular weight excluding hydrogens is 238 g/mol. The van der Waals surface area contributed by atoms with Gasteiger partial charge in [0, 0.05) is 23.6 Å². The normalized spacial score (nSPS) is 25.1. The molecule has 1 aromatic rings. The van der Waals surface area contributed by atoms with E-state index in [4.69, 9.17) is 5.73 Å². The van der Waals surface area contributed by atoms with Crippen molar-refractivity contribution in [3.63, 3.8) is 0 Å². The fourth-order valence-electron chi connectivity index (χ4n) is 3.21. The first-order valence-electron chi connectivity index (χ1n) is 7.20. The predicted octanol–water partition coefficient (Wildman–Crippen LogP) is 1.45. The van der Waals surface area contributed by atoms with E-state index in [0.717, 1.165) is 37.4 Å². The molecule has 19 heavy (non-hydrogen) atoms. The van der Waals surface area contributed by atoms with Crippen molar-refractivity contribution in [2.75, 3.05) is 24.1 Å². The van der Waals surface area contributed by atoms with Gasteiger partial charge in [0.1, 0.15) is 5.82 Å². The molecule has 1 unspecified atom stereocenters. The third-order valence-corrected chi connectivity index (χ3v) is 4.30. The van der Waals surface area contributed by atoms with Gasteiger partial charge in [0.05, 0.1) is 5.69 Å². The van der Waals surface area contributed by atoms with Crippen molar-refractivity contribution in [2.45, 2.75) is 51.0 Å². The van der Waals surface area contributed by atoms with E-state index in [0.29, 0.717) is 12.0 Å². The second-order valence-corrected chi connectivity index (χ2v) is 6.33. The topological polar surface area (TPSA) is 75.9 Å². The van der Waals surface area contributed by atoms with Crippen LogP contribution in [0.5, 0.6) is 0 Å². The van der Waals surface area contributed by atoms with Crippen LogP contribution in [0.15, 0.2) is 0 Å². The van der Waals surface area contributed by atoms with Crippen molar-refractivity contribution in [3.8, 4) is 0 Å². The lowest BCUT2D eigenvalue weighted by Crippen LogP contribution is -2.30. The molecule has 0 spiro atoms. The van der Waals surface area contributed by atoms with Crippen molar-refractivity contribution in [3.05, 3.63) is 11.3 Å². The molecule has 0 aromatic carbocycles. The van der Waals surface area contributed by atoms with Crippen LogP contribution in [0.25, 0.3) is 0 Å². The van der Waals surface area contributed by atoms with Gasteiger partial charge in [-0.05, 0) is 32.2 Å². The number of nitrogens with zero attached hydrogens (tertiary/aromatic N) is 2. The maximum Gasteiger partial charge on any atom is 0.222 e. The second kappa shape index (κ2) is 4.63. The Hall–Kier alpha value is -1.36. The summed E-state index contributed by atoms with van der Waals surface area (Å²) in [5.74, 6) is 1.35. The molecular formula is C14H23N5. The van der Waals surface area contributed by atoms with Gasteiger partial charge < -0.3 is 16.4 Å². The summed E-state index contributed by atoms with van der Waals surface area (Å²) in [6, 6.07) is 0.462. The van der Waals surface area contributed by atoms with Crippen LogP contribution in [0.3, 0.4) is 0 Å².